The first-order valence-corrected chi connectivity index (χ1v) is 8.24. The first-order chi connectivity index (χ1) is 9.90. The van der Waals surface area contributed by atoms with Crippen LogP contribution in [0.25, 0.3) is 0 Å². The Morgan fingerprint density at radius 2 is 2.29 bits per heavy atom. The van der Waals surface area contributed by atoms with Gasteiger partial charge >= 0.3 is 0 Å². The van der Waals surface area contributed by atoms with Crippen molar-refractivity contribution in [1.29, 1.82) is 0 Å². The fourth-order valence-corrected chi connectivity index (χ4v) is 2.86. The summed E-state index contributed by atoms with van der Waals surface area (Å²) in [4.78, 5) is 1.86. The highest BCUT2D eigenvalue weighted by Crippen LogP contribution is 2.24. The van der Waals surface area contributed by atoms with E-state index in [-0.39, 0.29) is 23.4 Å². The minimum atomic E-state index is -4.04. The number of hydrogen-bond acceptors (Lipinski definition) is 5. The molecule has 8 heteroatoms. The molecule has 0 bridgehead atoms. The minimum absolute atomic E-state index is 0.0381. The molecular formula is C13H19FN2O4S. The van der Waals surface area contributed by atoms with Crippen LogP contribution in [0.1, 0.15) is 6.92 Å². The summed E-state index contributed by atoms with van der Waals surface area (Å²) < 4.78 is 47.1. The monoisotopic (exact) mass is 318 g/mol. The molecule has 1 unspecified atom stereocenters. The van der Waals surface area contributed by atoms with E-state index in [0.717, 1.165) is 25.2 Å². The number of rotatable bonds is 5. The van der Waals surface area contributed by atoms with E-state index >= 15 is 0 Å². The van der Waals surface area contributed by atoms with E-state index in [1.54, 1.807) is 0 Å². The Hall–Kier alpha value is -1.22. The van der Waals surface area contributed by atoms with Crippen molar-refractivity contribution in [3.63, 3.8) is 0 Å². The highest BCUT2D eigenvalue weighted by molar-refractivity contribution is 7.89. The fraction of sp³-hybridized carbons (Fsp3) is 0.538. The summed E-state index contributed by atoms with van der Waals surface area (Å²) in [5, 5.41) is 5.06. The molecule has 0 aliphatic carbocycles. The third-order valence-electron chi connectivity index (χ3n) is 3.31. The molecule has 1 aliphatic heterocycles. The number of sulfonamides is 1. The van der Waals surface area contributed by atoms with E-state index in [2.05, 4.69) is 11.8 Å². The topological polar surface area (TPSA) is 81.9 Å². The Labute approximate surface area is 123 Å². The van der Waals surface area contributed by atoms with Crippen LogP contribution in [0.5, 0.6) is 5.75 Å². The summed E-state index contributed by atoms with van der Waals surface area (Å²) in [5.74, 6) is -0.645. The number of likely N-dealkylation sites (N-methyl/N-ethyl adjacent to an activating group) is 1. The Balaban J connectivity index is 2.06. The van der Waals surface area contributed by atoms with Crippen molar-refractivity contribution >= 4 is 10.0 Å². The minimum Gasteiger partial charge on any atom is -0.489 e. The van der Waals surface area contributed by atoms with Crippen molar-refractivity contribution in [2.75, 3.05) is 32.8 Å². The highest BCUT2D eigenvalue weighted by atomic mass is 32.2. The number of nitrogens with two attached hydrogens (primary N) is 1. The predicted octanol–water partition coefficient (Wildman–Crippen LogP) is 0.573. The summed E-state index contributed by atoms with van der Waals surface area (Å²) >= 11 is 0. The van der Waals surface area contributed by atoms with Gasteiger partial charge in [-0.25, -0.2) is 17.9 Å². The molecule has 1 aromatic carbocycles. The summed E-state index contributed by atoms with van der Waals surface area (Å²) in [6.45, 7) is 5.34. The molecule has 1 aliphatic rings. The first-order valence-electron chi connectivity index (χ1n) is 6.69. The lowest BCUT2D eigenvalue weighted by molar-refractivity contribution is -0.0468. The molecule has 1 aromatic rings. The van der Waals surface area contributed by atoms with Gasteiger partial charge in [0.1, 0.15) is 29.2 Å². The quantitative estimate of drug-likeness (QED) is 0.858. The standard InChI is InChI=1S/C13H19FN2O4S/c1-2-16-5-6-19-11(8-16)9-20-12-4-3-10(14)7-13(12)21(15,17)18/h3-4,7,11H,2,5-6,8-9H2,1H3,(H2,15,17,18). The molecule has 6 nitrogen and oxygen atoms in total. The van der Waals surface area contributed by atoms with Crippen LogP contribution in [0.15, 0.2) is 23.1 Å². The largest absolute Gasteiger partial charge is 0.489 e. The molecule has 2 N–H and O–H groups in total. The number of ether oxygens (including phenoxy) is 2. The lowest BCUT2D eigenvalue weighted by Gasteiger charge is -2.31. The molecule has 1 atom stereocenters. The number of morpholine rings is 1. The molecular weight excluding hydrogens is 299 g/mol. The van der Waals surface area contributed by atoms with Crippen LogP contribution >= 0.6 is 0 Å². The normalized spacial score (nSPS) is 20.4. The maximum absolute atomic E-state index is 13.2. The van der Waals surface area contributed by atoms with Gasteiger partial charge in [-0.1, -0.05) is 6.92 Å². The second-order valence-corrected chi connectivity index (χ2v) is 6.36. The van der Waals surface area contributed by atoms with Crippen molar-refractivity contribution in [2.45, 2.75) is 17.9 Å². The zero-order valence-electron chi connectivity index (χ0n) is 11.8. The molecule has 2 rings (SSSR count). The Bertz CT molecular complexity index is 594. The van der Waals surface area contributed by atoms with Crippen molar-refractivity contribution in [1.82, 2.24) is 4.90 Å². The Morgan fingerprint density at radius 1 is 1.52 bits per heavy atom. The van der Waals surface area contributed by atoms with Crippen molar-refractivity contribution in [3.8, 4) is 5.75 Å². The number of primary sulfonamides is 1. The van der Waals surface area contributed by atoms with Crippen molar-refractivity contribution in [3.05, 3.63) is 24.0 Å². The third-order valence-corrected chi connectivity index (χ3v) is 4.24. The lowest BCUT2D eigenvalue weighted by atomic mass is 10.3. The van der Waals surface area contributed by atoms with Gasteiger partial charge in [0.05, 0.1) is 6.61 Å². The highest BCUT2D eigenvalue weighted by Gasteiger charge is 2.22. The number of hydrogen-bond donors (Lipinski definition) is 1. The van der Waals surface area contributed by atoms with Crippen LogP contribution in [0.4, 0.5) is 4.39 Å². The average molecular weight is 318 g/mol. The number of halogens is 1. The second-order valence-electron chi connectivity index (χ2n) is 4.83. The molecule has 0 radical (unpaired) electrons. The molecule has 1 saturated heterocycles. The Morgan fingerprint density at radius 3 is 2.95 bits per heavy atom. The van der Waals surface area contributed by atoms with E-state index in [9.17, 15) is 12.8 Å². The molecule has 0 spiro atoms. The zero-order chi connectivity index (χ0) is 15.5. The van der Waals surface area contributed by atoms with Crippen LogP contribution in [0, 0.1) is 5.82 Å². The maximum Gasteiger partial charge on any atom is 0.241 e. The van der Waals surface area contributed by atoms with E-state index in [1.165, 1.54) is 6.07 Å². The van der Waals surface area contributed by atoms with Gasteiger partial charge in [0, 0.05) is 13.1 Å². The van der Waals surface area contributed by atoms with E-state index in [1.807, 2.05) is 0 Å². The summed E-state index contributed by atoms with van der Waals surface area (Å²) in [6, 6.07) is 3.24. The Kier molecular flexibility index (Phi) is 5.15. The van der Waals surface area contributed by atoms with Gasteiger partial charge in [-0.05, 0) is 24.7 Å². The lowest BCUT2D eigenvalue weighted by Crippen LogP contribution is -2.44. The van der Waals surface area contributed by atoms with Gasteiger partial charge in [-0.15, -0.1) is 0 Å². The van der Waals surface area contributed by atoms with E-state index in [4.69, 9.17) is 14.6 Å². The molecule has 0 saturated carbocycles. The van der Waals surface area contributed by atoms with Gasteiger partial charge in [0.2, 0.25) is 10.0 Å². The van der Waals surface area contributed by atoms with Gasteiger partial charge in [0.25, 0.3) is 0 Å². The number of benzene rings is 1. The second kappa shape index (κ2) is 6.69. The molecule has 0 aromatic heterocycles. The summed E-state index contributed by atoms with van der Waals surface area (Å²) in [7, 11) is -4.04. The van der Waals surface area contributed by atoms with Crippen LogP contribution in [0.3, 0.4) is 0 Å². The van der Waals surface area contributed by atoms with Gasteiger partial charge in [-0.3, -0.25) is 4.90 Å². The zero-order valence-corrected chi connectivity index (χ0v) is 12.6. The van der Waals surface area contributed by atoms with Crippen LogP contribution < -0.4 is 9.88 Å². The third kappa shape index (κ3) is 4.37. The SMILES string of the molecule is CCN1CCOC(COc2ccc(F)cc2S(N)(=O)=O)C1. The molecule has 118 valence electrons. The average Bonchev–Trinajstić information content (AvgIpc) is 2.45. The van der Waals surface area contributed by atoms with E-state index < -0.39 is 15.8 Å². The van der Waals surface area contributed by atoms with Crippen LogP contribution in [0.2, 0.25) is 0 Å². The van der Waals surface area contributed by atoms with Crippen LogP contribution in [-0.4, -0.2) is 52.3 Å². The molecule has 21 heavy (non-hydrogen) atoms. The molecule has 1 heterocycles. The number of nitrogens with zero attached hydrogens (tertiary/aromatic N) is 1. The summed E-state index contributed by atoms with van der Waals surface area (Å²) in [5.41, 5.74) is 0. The fourth-order valence-electron chi connectivity index (χ4n) is 2.17. The van der Waals surface area contributed by atoms with Crippen molar-refractivity contribution in [2.24, 2.45) is 5.14 Å². The van der Waals surface area contributed by atoms with Gasteiger partial charge < -0.3 is 9.47 Å². The van der Waals surface area contributed by atoms with E-state index in [0.29, 0.717) is 13.2 Å². The van der Waals surface area contributed by atoms with Gasteiger partial charge in [-0.2, -0.15) is 0 Å². The smallest absolute Gasteiger partial charge is 0.241 e. The molecule has 1 fully saturated rings. The van der Waals surface area contributed by atoms with Crippen molar-refractivity contribution < 1.29 is 22.3 Å². The first kappa shape index (κ1) is 16.2. The van der Waals surface area contributed by atoms with Gasteiger partial charge in [0.15, 0.2) is 0 Å². The van der Waals surface area contributed by atoms with Crippen LogP contribution in [-0.2, 0) is 14.8 Å². The molecule has 0 amide bonds. The predicted molar refractivity (Wildman–Crippen MR) is 75.1 cm³/mol. The maximum atomic E-state index is 13.2. The summed E-state index contributed by atoms with van der Waals surface area (Å²) in [6.07, 6.45) is -0.155.